The number of benzene rings is 2. The molecule has 0 unspecified atom stereocenters. The molecule has 2 atom stereocenters. The van der Waals surface area contributed by atoms with Crippen molar-refractivity contribution in [1.82, 2.24) is 0 Å². The van der Waals surface area contributed by atoms with E-state index in [9.17, 15) is 9.59 Å². The maximum atomic E-state index is 12.4. The third-order valence-electron chi connectivity index (χ3n) is 3.52. The largest absolute Gasteiger partial charge is 0.482 e. The fourth-order valence-corrected chi connectivity index (χ4v) is 2.37. The number of para-hydroxylation sites is 2. The molecule has 0 saturated heterocycles. The molecule has 118 valence electrons. The number of amides is 2. The van der Waals surface area contributed by atoms with Crippen molar-refractivity contribution >= 4 is 17.5 Å². The molecule has 0 saturated carbocycles. The maximum absolute atomic E-state index is 12.4. The van der Waals surface area contributed by atoms with Gasteiger partial charge in [-0.1, -0.05) is 18.2 Å². The zero-order valence-corrected chi connectivity index (χ0v) is 12.5. The summed E-state index contributed by atoms with van der Waals surface area (Å²) in [6, 6.07) is 13.6. The van der Waals surface area contributed by atoms with Crippen LogP contribution in [-0.4, -0.2) is 24.0 Å². The summed E-state index contributed by atoms with van der Waals surface area (Å²) in [4.78, 5) is 23.6. The standard InChI is InChI=1S/C17H16N2O4/c1-10-15(23-14-8-3-2-7-13(14)22-10)17(21)19-12-6-4-5-11(9-12)16(18)20/h2-10,15H,1H3,(H2,18,20)(H,19,21)/t10-,15+/m0/s1. The lowest BCUT2D eigenvalue weighted by atomic mass is 10.1. The molecule has 1 aliphatic heterocycles. The molecule has 23 heavy (non-hydrogen) atoms. The van der Waals surface area contributed by atoms with Gasteiger partial charge >= 0.3 is 0 Å². The number of hydrogen-bond donors (Lipinski definition) is 2. The second-order valence-corrected chi connectivity index (χ2v) is 5.24. The molecule has 0 aliphatic carbocycles. The molecule has 2 aromatic rings. The van der Waals surface area contributed by atoms with Crippen LogP contribution in [0.25, 0.3) is 0 Å². The van der Waals surface area contributed by atoms with Gasteiger partial charge in [-0.2, -0.15) is 0 Å². The van der Waals surface area contributed by atoms with Crippen LogP contribution in [0.4, 0.5) is 5.69 Å². The average molecular weight is 312 g/mol. The Balaban J connectivity index is 1.76. The van der Waals surface area contributed by atoms with Crippen molar-refractivity contribution in [3.8, 4) is 11.5 Å². The Morgan fingerprint density at radius 1 is 1.04 bits per heavy atom. The number of ether oxygens (including phenoxy) is 2. The van der Waals surface area contributed by atoms with Gasteiger partial charge in [-0.3, -0.25) is 9.59 Å². The fourth-order valence-electron chi connectivity index (χ4n) is 2.37. The molecule has 6 nitrogen and oxygen atoms in total. The van der Waals surface area contributed by atoms with Gasteiger partial charge in [0.15, 0.2) is 11.5 Å². The SMILES string of the molecule is C[C@@H]1Oc2ccccc2O[C@H]1C(=O)Nc1cccc(C(N)=O)c1. The van der Waals surface area contributed by atoms with Gasteiger partial charge in [0, 0.05) is 11.3 Å². The van der Waals surface area contributed by atoms with Crippen molar-refractivity contribution < 1.29 is 19.1 Å². The molecule has 3 N–H and O–H groups in total. The van der Waals surface area contributed by atoms with Crippen LogP contribution < -0.4 is 20.5 Å². The zero-order chi connectivity index (χ0) is 16.4. The molecule has 0 aromatic heterocycles. The van der Waals surface area contributed by atoms with Crippen molar-refractivity contribution in [1.29, 1.82) is 0 Å². The summed E-state index contributed by atoms with van der Waals surface area (Å²) in [5.41, 5.74) is 6.03. The molecule has 0 bridgehead atoms. The summed E-state index contributed by atoms with van der Waals surface area (Å²) in [5.74, 6) is 0.227. The number of primary amides is 1. The Labute approximate surface area is 133 Å². The van der Waals surface area contributed by atoms with Crippen LogP contribution in [0.5, 0.6) is 11.5 Å². The molecular weight excluding hydrogens is 296 g/mol. The van der Waals surface area contributed by atoms with Gasteiger partial charge in [-0.15, -0.1) is 0 Å². The monoisotopic (exact) mass is 312 g/mol. The molecule has 3 rings (SSSR count). The third-order valence-corrected chi connectivity index (χ3v) is 3.52. The van der Waals surface area contributed by atoms with E-state index < -0.39 is 18.1 Å². The number of fused-ring (bicyclic) bond motifs is 1. The van der Waals surface area contributed by atoms with Gasteiger partial charge < -0.3 is 20.5 Å². The molecule has 0 spiro atoms. The van der Waals surface area contributed by atoms with Crippen LogP contribution in [-0.2, 0) is 4.79 Å². The lowest BCUT2D eigenvalue weighted by molar-refractivity contribution is -0.128. The lowest BCUT2D eigenvalue weighted by Crippen LogP contribution is -2.46. The summed E-state index contributed by atoms with van der Waals surface area (Å²) in [7, 11) is 0. The van der Waals surface area contributed by atoms with Crippen molar-refractivity contribution in [2.24, 2.45) is 5.73 Å². The van der Waals surface area contributed by atoms with E-state index in [4.69, 9.17) is 15.2 Å². The van der Waals surface area contributed by atoms with Crippen LogP contribution >= 0.6 is 0 Å². The third kappa shape index (κ3) is 3.11. The van der Waals surface area contributed by atoms with E-state index in [1.165, 1.54) is 6.07 Å². The first-order chi connectivity index (χ1) is 11.0. The number of carbonyl (C=O) groups excluding carboxylic acids is 2. The molecule has 0 fully saturated rings. The van der Waals surface area contributed by atoms with Crippen molar-refractivity contribution in [2.75, 3.05) is 5.32 Å². The highest BCUT2D eigenvalue weighted by Gasteiger charge is 2.34. The minimum Gasteiger partial charge on any atom is -0.482 e. The van der Waals surface area contributed by atoms with E-state index in [1.54, 1.807) is 37.3 Å². The van der Waals surface area contributed by atoms with Crippen LogP contribution in [0.3, 0.4) is 0 Å². The first-order valence-electron chi connectivity index (χ1n) is 7.17. The Hall–Kier alpha value is -3.02. The van der Waals surface area contributed by atoms with Gasteiger partial charge in [0.05, 0.1) is 0 Å². The lowest BCUT2D eigenvalue weighted by Gasteiger charge is -2.31. The second kappa shape index (κ2) is 6.00. The first kappa shape index (κ1) is 14.9. The van der Waals surface area contributed by atoms with Crippen LogP contribution in [0.1, 0.15) is 17.3 Å². The summed E-state index contributed by atoms with van der Waals surface area (Å²) in [6.45, 7) is 1.76. The minimum absolute atomic E-state index is 0.321. The first-order valence-corrected chi connectivity index (χ1v) is 7.17. The van der Waals surface area contributed by atoms with Gasteiger partial charge in [-0.05, 0) is 37.3 Å². The number of carbonyl (C=O) groups is 2. The average Bonchev–Trinajstić information content (AvgIpc) is 2.54. The predicted molar refractivity (Wildman–Crippen MR) is 84.5 cm³/mol. The molecule has 2 aromatic carbocycles. The summed E-state index contributed by atoms with van der Waals surface area (Å²) in [6.07, 6.45) is -1.23. The van der Waals surface area contributed by atoms with Crippen LogP contribution in [0.2, 0.25) is 0 Å². The van der Waals surface area contributed by atoms with Crippen LogP contribution in [0, 0.1) is 0 Å². The Morgan fingerprint density at radius 2 is 1.74 bits per heavy atom. The summed E-state index contributed by atoms with van der Waals surface area (Å²) in [5, 5.41) is 2.72. The van der Waals surface area contributed by atoms with E-state index in [-0.39, 0.29) is 5.91 Å². The highest BCUT2D eigenvalue weighted by Crippen LogP contribution is 2.33. The number of hydrogen-bond acceptors (Lipinski definition) is 4. The van der Waals surface area contributed by atoms with Gasteiger partial charge in [0.25, 0.3) is 5.91 Å². The van der Waals surface area contributed by atoms with Gasteiger partial charge in [0.1, 0.15) is 6.10 Å². The zero-order valence-electron chi connectivity index (χ0n) is 12.5. The number of rotatable bonds is 3. The van der Waals surface area contributed by atoms with Crippen molar-refractivity contribution in [3.63, 3.8) is 0 Å². The highest BCUT2D eigenvalue weighted by atomic mass is 16.6. The normalized spacial score (nSPS) is 19.0. The van der Waals surface area contributed by atoms with E-state index in [2.05, 4.69) is 5.32 Å². The van der Waals surface area contributed by atoms with E-state index in [0.717, 1.165) is 0 Å². The topological polar surface area (TPSA) is 90.7 Å². The fraction of sp³-hybridized carbons (Fsp3) is 0.176. The quantitative estimate of drug-likeness (QED) is 0.906. The van der Waals surface area contributed by atoms with Gasteiger partial charge in [0.2, 0.25) is 12.0 Å². The maximum Gasteiger partial charge on any atom is 0.269 e. The van der Waals surface area contributed by atoms with Gasteiger partial charge in [-0.25, -0.2) is 0 Å². The Bertz CT molecular complexity index is 760. The molecule has 6 heteroatoms. The summed E-state index contributed by atoms with van der Waals surface area (Å²) >= 11 is 0. The molecule has 0 radical (unpaired) electrons. The number of nitrogens with two attached hydrogens (primary N) is 1. The Kier molecular flexibility index (Phi) is 3.89. The molecule has 1 aliphatic rings. The number of anilines is 1. The van der Waals surface area contributed by atoms with E-state index in [1.807, 2.05) is 12.1 Å². The predicted octanol–water partition coefficient (Wildman–Crippen LogP) is 1.95. The Morgan fingerprint density at radius 3 is 2.43 bits per heavy atom. The number of nitrogens with one attached hydrogen (secondary N) is 1. The molecule has 1 heterocycles. The highest BCUT2D eigenvalue weighted by molar-refractivity contribution is 5.98. The molecular formula is C17H16N2O4. The summed E-state index contributed by atoms with van der Waals surface area (Å²) < 4.78 is 11.4. The van der Waals surface area contributed by atoms with Crippen molar-refractivity contribution in [2.45, 2.75) is 19.1 Å². The van der Waals surface area contributed by atoms with E-state index >= 15 is 0 Å². The minimum atomic E-state index is -0.790. The smallest absolute Gasteiger partial charge is 0.269 e. The van der Waals surface area contributed by atoms with Crippen LogP contribution in [0.15, 0.2) is 48.5 Å². The van der Waals surface area contributed by atoms with E-state index in [0.29, 0.717) is 22.7 Å². The second-order valence-electron chi connectivity index (χ2n) is 5.24. The molecule has 2 amide bonds. The van der Waals surface area contributed by atoms with Crippen molar-refractivity contribution in [3.05, 3.63) is 54.1 Å².